The molecule has 0 bridgehead atoms. The molecule has 1 unspecified atom stereocenters. The van der Waals surface area contributed by atoms with E-state index in [-0.39, 0.29) is 11.8 Å². The quantitative estimate of drug-likeness (QED) is 0.877. The Labute approximate surface area is 133 Å². The van der Waals surface area contributed by atoms with Crippen LogP contribution in [-0.2, 0) is 4.79 Å². The van der Waals surface area contributed by atoms with E-state index in [9.17, 15) is 4.79 Å². The summed E-state index contributed by atoms with van der Waals surface area (Å²) in [6.45, 7) is 6.11. The van der Waals surface area contributed by atoms with Crippen molar-refractivity contribution >= 4 is 11.6 Å². The lowest BCUT2D eigenvalue weighted by Crippen LogP contribution is -2.46. The predicted octanol–water partition coefficient (Wildman–Crippen LogP) is 3.22. The number of carbonyl (C=O) groups excluding carboxylic acids is 1. The molecule has 0 saturated carbocycles. The smallest absolute Gasteiger partial charge is 0.223 e. The van der Waals surface area contributed by atoms with Crippen LogP contribution in [-0.4, -0.2) is 32.1 Å². The van der Waals surface area contributed by atoms with E-state index in [2.05, 4.69) is 29.3 Å². The summed E-state index contributed by atoms with van der Waals surface area (Å²) in [4.78, 5) is 14.5. The third-order valence-corrected chi connectivity index (χ3v) is 4.45. The van der Waals surface area contributed by atoms with Gasteiger partial charge in [0.1, 0.15) is 5.75 Å². The molecule has 0 spiro atoms. The first-order valence-electron chi connectivity index (χ1n) is 8.33. The van der Waals surface area contributed by atoms with Crippen molar-refractivity contribution in [3.63, 3.8) is 0 Å². The Balaban J connectivity index is 1.81. The molecule has 1 saturated heterocycles. The molecule has 4 nitrogen and oxygen atoms in total. The van der Waals surface area contributed by atoms with Crippen LogP contribution in [0.15, 0.2) is 24.3 Å². The van der Waals surface area contributed by atoms with Crippen molar-refractivity contribution in [1.29, 1.82) is 0 Å². The highest BCUT2D eigenvalue weighted by Crippen LogP contribution is 2.23. The number of benzene rings is 1. The van der Waals surface area contributed by atoms with Gasteiger partial charge in [0.05, 0.1) is 7.11 Å². The molecule has 122 valence electrons. The Morgan fingerprint density at radius 2 is 1.95 bits per heavy atom. The molecule has 2 rings (SSSR count). The van der Waals surface area contributed by atoms with E-state index < -0.39 is 0 Å². The number of nitrogens with zero attached hydrogens (tertiary/aromatic N) is 1. The lowest BCUT2D eigenvalue weighted by Gasteiger charge is -2.34. The molecule has 1 atom stereocenters. The molecule has 0 aliphatic carbocycles. The number of carbonyl (C=O) groups is 1. The third-order valence-electron chi connectivity index (χ3n) is 4.45. The van der Waals surface area contributed by atoms with Gasteiger partial charge in [-0.25, -0.2) is 0 Å². The Morgan fingerprint density at radius 1 is 1.32 bits per heavy atom. The van der Waals surface area contributed by atoms with Gasteiger partial charge in [0.25, 0.3) is 0 Å². The number of hydrogen-bond acceptors (Lipinski definition) is 3. The Kier molecular flexibility index (Phi) is 6.10. The molecule has 0 radical (unpaired) electrons. The zero-order valence-corrected chi connectivity index (χ0v) is 14.0. The van der Waals surface area contributed by atoms with Crippen molar-refractivity contribution in [3.8, 4) is 5.75 Å². The number of rotatable bonds is 6. The largest absolute Gasteiger partial charge is 0.497 e. The molecule has 1 aromatic carbocycles. The fourth-order valence-electron chi connectivity index (χ4n) is 2.98. The fraction of sp³-hybridized carbons (Fsp3) is 0.611. The van der Waals surface area contributed by atoms with Gasteiger partial charge in [0.2, 0.25) is 5.91 Å². The number of methoxy groups -OCH3 is 1. The minimum Gasteiger partial charge on any atom is -0.497 e. The minimum atomic E-state index is 0.129. The summed E-state index contributed by atoms with van der Waals surface area (Å²) in [5.41, 5.74) is 1.23. The number of ether oxygens (including phenoxy) is 1. The van der Waals surface area contributed by atoms with Crippen LogP contribution < -0.4 is 15.0 Å². The maximum absolute atomic E-state index is 12.1. The summed E-state index contributed by atoms with van der Waals surface area (Å²) in [6, 6.07) is 8.51. The maximum atomic E-state index is 12.1. The summed E-state index contributed by atoms with van der Waals surface area (Å²) in [6.07, 6.45) is 4.05. The molecule has 1 amide bonds. The van der Waals surface area contributed by atoms with Gasteiger partial charge in [-0.1, -0.05) is 20.3 Å². The van der Waals surface area contributed by atoms with E-state index in [0.29, 0.717) is 6.04 Å². The van der Waals surface area contributed by atoms with Crippen LogP contribution in [0.5, 0.6) is 5.75 Å². The van der Waals surface area contributed by atoms with Crippen molar-refractivity contribution < 1.29 is 9.53 Å². The molecule has 0 aromatic heterocycles. The zero-order valence-electron chi connectivity index (χ0n) is 14.0. The summed E-state index contributed by atoms with van der Waals surface area (Å²) < 4.78 is 5.19. The van der Waals surface area contributed by atoms with Gasteiger partial charge in [-0.05, 0) is 43.5 Å². The second-order valence-electron chi connectivity index (χ2n) is 6.16. The highest BCUT2D eigenvalue weighted by atomic mass is 16.5. The van der Waals surface area contributed by atoms with Crippen molar-refractivity contribution in [1.82, 2.24) is 5.32 Å². The Bertz CT molecular complexity index is 464. The van der Waals surface area contributed by atoms with Crippen LogP contribution in [0.4, 0.5) is 5.69 Å². The second kappa shape index (κ2) is 8.06. The van der Waals surface area contributed by atoms with E-state index in [1.165, 1.54) is 5.69 Å². The standard InChI is InChI=1S/C18H28N2O2/c1-4-5-14(2)18(21)19-15-10-12-20(13-11-15)16-6-8-17(22-3)9-7-16/h6-9,14-15H,4-5,10-13H2,1-3H3,(H,19,21). The summed E-state index contributed by atoms with van der Waals surface area (Å²) in [5.74, 6) is 1.23. The average molecular weight is 304 g/mol. The molecule has 1 fully saturated rings. The molecule has 1 N–H and O–H groups in total. The van der Waals surface area contributed by atoms with Gasteiger partial charge >= 0.3 is 0 Å². The maximum Gasteiger partial charge on any atom is 0.223 e. The first kappa shape index (κ1) is 16.7. The van der Waals surface area contributed by atoms with Gasteiger partial charge in [0, 0.05) is 30.7 Å². The van der Waals surface area contributed by atoms with Gasteiger partial charge in [-0.2, -0.15) is 0 Å². The van der Waals surface area contributed by atoms with Gasteiger partial charge in [-0.3, -0.25) is 4.79 Å². The van der Waals surface area contributed by atoms with Crippen molar-refractivity contribution in [3.05, 3.63) is 24.3 Å². The molecule has 22 heavy (non-hydrogen) atoms. The van der Waals surface area contributed by atoms with E-state index in [1.807, 2.05) is 19.1 Å². The van der Waals surface area contributed by atoms with Gasteiger partial charge < -0.3 is 15.0 Å². The normalized spacial score (nSPS) is 17.1. The zero-order chi connectivity index (χ0) is 15.9. The Hall–Kier alpha value is -1.71. The van der Waals surface area contributed by atoms with Crippen molar-refractivity contribution in [2.75, 3.05) is 25.1 Å². The van der Waals surface area contributed by atoms with Crippen molar-refractivity contribution in [2.45, 2.75) is 45.6 Å². The minimum absolute atomic E-state index is 0.129. The number of amides is 1. The number of hydrogen-bond donors (Lipinski definition) is 1. The highest BCUT2D eigenvalue weighted by Gasteiger charge is 2.22. The molecular formula is C18H28N2O2. The van der Waals surface area contributed by atoms with Crippen LogP contribution in [0.2, 0.25) is 0 Å². The lowest BCUT2D eigenvalue weighted by molar-refractivity contribution is -0.125. The van der Waals surface area contributed by atoms with Crippen LogP contribution in [0, 0.1) is 5.92 Å². The fourth-order valence-corrected chi connectivity index (χ4v) is 2.98. The van der Waals surface area contributed by atoms with E-state index in [1.54, 1.807) is 7.11 Å². The molecule has 1 heterocycles. The summed E-state index contributed by atoms with van der Waals surface area (Å²) >= 11 is 0. The first-order valence-corrected chi connectivity index (χ1v) is 8.33. The predicted molar refractivity (Wildman–Crippen MR) is 90.4 cm³/mol. The molecule has 1 aliphatic heterocycles. The highest BCUT2D eigenvalue weighted by molar-refractivity contribution is 5.78. The monoisotopic (exact) mass is 304 g/mol. The summed E-state index contributed by atoms with van der Waals surface area (Å²) in [5, 5.41) is 3.21. The molecule has 4 heteroatoms. The van der Waals surface area contributed by atoms with E-state index >= 15 is 0 Å². The first-order chi connectivity index (χ1) is 10.6. The number of piperidine rings is 1. The van der Waals surface area contributed by atoms with Crippen LogP contribution in [0.1, 0.15) is 39.5 Å². The SMILES string of the molecule is CCCC(C)C(=O)NC1CCN(c2ccc(OC)cc2)CC1. The van der Waals surface area contributed by atoms with E-state index in [4.69, 9.17) is 4.74 Å². The average Bonchev–Trinajstić information content (AvgIpc) is 2.56. The number of nitrogens with one attached hydrogen (secondary N) is 1. The van der Waals surface area contributed by atoms with Crippen molar-refractivity contribution in [2.24, 2.45) is 5.92 Å². The summed E-state index contributed by atoms with van der Waals surface area (Å²) in [7, 11) is 1.68. The third kappa shape index (κ3) is 4.39. The molecule has 1 aliphatic rings. The van der Waals surface area contributed by atoms with E-state index in [0.717, 1.165) is 44.5 Å². The van der Waals surface area contributed by atoms with Crippen LogP contribution in [0.25, 0.3) is 0 Å². The van der Waals surface area contributed by atoms with Crippen LogP contribution >= 0.6 is 0 Å². The topological polar surface area (TPSA) is 41.6 Å². The molecule has 1 aromatic rings. The second-order valence-corrected chi connectivity index (χ2v) is 6.16. The number of anilines is 1. The van der Waals surface area contributed by atoms with Crippen LogP contribution in [0.3, 0.4) is 0 Å². The Morgan fingerprint density at radius 3 is 2.50 bits per heavy atom. The van der Waals surface area contributed by atoms with Gasteiger partial charge in [-0.15, -0.1) is 0 Å². The molecular weight excluding hydrogens is 276 g/mol. The lowest BCUT2D eigenvalue weighted by atomic mass is 10.0. The van der Waals surface area contributed by atoms with Gasteiger partial charge in [0.15, 0.2) is 0 Å².